The van der Waals surface area contributed by atoms with Crippen LogP contribution in [0.5, 0.6) is 0 Å². The van der Waals surface area contributed by atoms with Crippen LogP contribution in [0.25, 0.3) is 0 Å². The van der Waals surface area contributed by atoms with Crippen LogP contribution in [-0.2, 0) is 0 Å². The van der Waals surface area contributed by atoms with Crippen molar-refractivity contribution in [1.82, 2.24) is 4.90 Å². The summed E-state index contributed by atoms with van der Waals surface area (Å²) in [7, 11) is 0. The lowest BCUT2D eigenvalue weighted by molar-refractivity contribution is -0.0170. The van der Waals surface area contributed by atoms with E-state index in [2.05, 4.69) is 5.73 Å². The smallest absolute Gasteiger partial charge is 0.271 e. The monoisotopic (exact) mass is 226 g/mol. The predicted octanol–water partition coefficient (Wildman–Crippen LogP) is 0.834. The molecule has 2 amide bonds. The molecule has 0 radical (unpaired) electrons. The topological polar surface area (TPSA) is 63.4 Å². The molecule has 0 saturated heterocycles. The summed E-state index contributed by atoms with van der Waals surface area (Å²) < 4.78 is 25.2. The van der Waals surface area contributed by atoms with Crippen LogP contribution in [0.1, 0.15) is 20.7 Å². The van der Waals surface area contributed by atoms with Crippen molar-refractivity contribution >= 4 is 11.8 Å². The first kappa shape index (κ1) is 10.7. The van der Waals surface area contributed by atoms with Gasteiger partial charge in [0.15, 0.2) is 0 Å². The molecule has 0 bridgehead atoms. The Morgan fingerprint density at radius 1 is 1.12 bits per heavy atom. The zero-order valence-electron chi connectivity index (χ0n) is 8.11. The Bertz CT molecular complexity index is 433. The third kappa shape index (κ3) is 1.67. The minimum absolute atomic E-state index is 0.136. The SMILES string of the molecule is NC(F)(F)CN1C(=O)c2ccccc2C1=O. The summed E-state index contributed by atoms with van der Waals surface area (Å²) in [5.74, 6) is -1.46. The van der Waals surface area contributed by atoms with Crippen molar-refractivity contribution < 1.29 is 18.4 Å². The molecular formula is C10H8F2N2O2. The molecule has 0 fully saturated rings. The van der Waals surface area contributed by atoms with Gasteiger partial charge in [-0.1, -0.05) is 12.1 Å². The van der Waals surface area contributed by atoms with Gasteiger partial charge in [-0.15, -0.1) is 0 Å². The summed E-state index contributed by atoms with van der Waals surface area (Å²) in [6.45, 7) is -1.10. The second-order valence-electron chi connectivity index (χ2n) is 3.50. The summed E-state index contributed by atoms with van der Waals surface area (Å²) in [5, 5.41) is 0. The van der Waals surface area contributed by atoms with Gasteiger partial charge in [0.25, 0.3) is 11.8 Å². The van der Waals surface area contributed by atoms with Crippen molar-refractivity contribution in [3.63, 3.8) is 0 Å². The number of carbonyl (C=O) groups excluding carboxylic acids is 2. The Balaban J connectivity index is 2.36. The fourth-order valence-corrected chi connectivity index (χ4v) is 1.59. The molecule has 0 atom stereocenters. The van der Waals surface area contributed by atoms with Crippen LogP contribution in [0.2, 0.25) is 0 Å². The van der Waals surface area contributed by atoms with E-state index in [4.69, 9.17) is 0 Å². The zero-order chi connectivity index (χ0) is 11.9. The largest absolute Gasteiger partial charge is 0.317 e. The van der Waals surface area contributed by atoms with E-state index >= 15 is 0 Å². The minimum atomic E-state index is -3.58. The van der Waals surface area contributed by atoms with E-state index in [1.807, 2.05) is 0 Å². The second-order valence-corrected chi connectivity index (χ2v) is 3.50. The van der Waals surface area contributed by atoms with Gasteiger partial charge in [-0.25, -0.2) is 0 Å². The molecule has 16 heavy (non-hydrogen) atoms. The van der Waals surface area contributed by atoms with E-state index in [0.717, 1.165) is 0 Å². The molecule has 0 unspecified atom stereocenters. The van der Waals surface area contributed by atoms with Gasteiger partial charge in [0.05, 0.1) is 11.1 Å². The summed E-state index contributed by atoms with van der Waals surface area (Å²) in [6, 6.07) is 2.39. The van der Waals surface area contributed by atoms with Gasteiger partial charge >= 0.3 is 6.05 Å². The standard InChI is InChI=1S/C10H8F2N2O2/c11-10(12,13)5-14-8(15)6-3-1-2-4-7(6)9(14)16/h1-4H,5,13H2. The molecule has 84 valence electrons. The van der Waals surface area contributed by atoms with Crippen LogP contribution >= 0.6 is 0 Å². The van der Waals surface area contributed by atoms with E-state index in [-0.39, 0.29) is 11.1 Å². The van der Waals surface area contributed by atoms with E-state index in [0.29, 0.717) is 4.90 Å². The quantitative estimate of drug-likeness (QED) is 0.600. The molecule has 1 heterocycles. The fraction of sp³-hybridized carbons (Fsp3) is 0.200. The minimum Gasteiger partial charge on any atom is -0.271 e. The highest BCUT2D eigenvalue weighted by Crippen LogP contribution is 2.24. The van der Waals surface area contributed by atoms with Gasteiger partial charge in [-0.2, -0.15) is 8.78 Å². The Labute approximate surface area is 89.6 Å². The van der Waals surface area contributed by atoms with Gasteiger partial charge in [0, 0.05) is 0 Å². The highest BCUT2D eigenvalue weighted by Gasteiger charge is 2.40. The second kappa shape index (κ2) is 3.34. The van der Waals surface area contributed by atoms with Crippen molar-refractivity contribution in [3.8, 4) is 0 Å². The van der Waals surface area contributed by atoms with Crippen LogP contribution in [0, 0.1) is 0 Å². The lowest BCUT2D eigenvalue weighted by Gasteiger charge is -2.18. The fourth-order valence-electron chi connectivity index (χ4n) is 1.59. The molecule has 4 nitrogen and oxygen atoms in total. The molecule has 1 aliphatic rings. The maximum absolute atomic E-state index is 12.6. The highest BCUT2D eigenvalue weighted by molar-refractivity contribution is 6.21. The lowest BCUT2D eigenvalue weighted by atomic mass is 10.1. The molecular weight excluding hydrogens is 218 g/mol. The average molecular weight is 226 g/mol. The first-order valence-electron chi connectivity index (χ1n) is 4.52. The Hall–Kier alpha value is -1.82. The van der Waals surface area contributed by atoms with E-state index in [9.17, 15) is 18.4 Å². The summed E-state index contributed by atoms with van der Waals surface area (Å²) >= 11 is 0. The van der Waals surface area contributed by atoms with Gasteiger partial charge in [-0.05, 0) is 12.1 Å². The van der Waals surface area contributed by atoms with E-state index in [1.165, 1.54) is 12.1 Å². The van der Waals surface area contributed by atoms with Crippen LogP contribution < -0.4 is 5.73 Å². The van der Waals surface area contributed by atoms with Crippen molar-refractivity contribution in [2.45, 2.75) is 6.05 Å². The summed E-state index contributed by atoms with van der Waals surface area (Å²) in [5.41, 5.74) is 4.77. The number of amides is 2. The maximum atomic E-state index is 12.6. The lowest BCUT2D eigenvalue weighted by Crippen LogP contribution is -2.45. The van der Waals surface area contributed by atoms with E-state index in [1.54, 1.807) is 12.1 Å². The molecule has 1 aromatic rings. The molecule has 6 heteroatoms. The van der Waals surface area contributed by atoms with Gasteiger partial charge < -0.3 is 0 Å². The summed E-state index contributed by atoms with van der Waals surface area (Å²) in [6.07, 6.45) is 0. The van der Waals surface area contributed by atoms with Crippen molar-refractivity contribution in [1.29, 1.82) is 0 Å². The number of fused-ring (bicyclic) bond motifs is 1. The Morgan fingerprint density at radius 3 is 1.94 bits per heavy atom. The molecule has 0 saturated carbocycles. The van der Waals surface area contributed by atoms with Crippen molar-refractivity contribution in [2.75, 3.05) is 6.54 Å². The number of nitrogens with two attached hydrogens (primary N) is 1. The molecule has 2 N–H and O–H groups in total. The third-order valence-corrected chi connectivity index (χ3v) is 2.25. The number of rotatable bonds is 2. The number of carbonyl (C=O) groups is 2. The number of hydrogen-bond acceptors (Lipinski definition) is 3. The molecule has 1 aliphatic heterocycles. The van der Waals surface area contributed by atoms with Crippen molar-refractivity contribution in [3.05, 3.63) is 35.4 Å². The van der Waals surface area contributed by atoms with Gasteiger partial charge in [0.2, 0.25) is 0 Å². The molecule has 0 aliphatic carbocycles. The molecule has 1 aromatic carbocycles. The van der Waals surface area contributed by atoms with Crippen LogP contribution in [0.15, 0.2) is 24.3 Å². The Morgan fingerprint density at radius 2 is 1.56 bits per heavy atom. The van der Waals surface area contributed by atoms with Crippen LogP contribution in [0.3, 0.4) is 0 Å². The molecule has 0 spiro atoms. The first-order chi connectivity index (χ1) is 7.40. The van der Waals surface area contributed by atoms with Gasteiger partial charge in [0.1, 0.15) is 6.54 Å². The van der Waals surface area contributed by atoms with Crippen molar-refractivity contribution in [2.24, 2.45) is 5.73 Å². The van der Waals surface area contributed by atoms with Gasteiger partial charge in [-0.3, -0.25) is 20.2 Å². The number of alkyl halides is 2. The highest BCUT2D eigenvalue weighted by atomic mass is 19.3. The zero-order valence-corrected chi connectivity index (χ0v) is 8.11. The normalized spacial score (nSPS) is 15.6. The molecule has 0 aromatic heterocycles. The number of imide groups is 1. The average Bonchev–Trinajstić information content (AvgIpc) is 2.43. The first-order valence-corrected chi connectivity index (χ1v) is 4.52. The summed E-state index contributed by atoms with van der Waals surface area (Å²) in [4.78, 5) is 23.7. The van der Waals surface area contributed by atoms with Crippen LogP contribution in [0.4, 0.5) is 8.78 Å². The third-order valence-electron chi connectivity index (χ3n) is 2.25. The predicted molar refractivity (Wildman–Crippen MR) is 50.9 cm³/mol. The Kier molecular flexibility index (Phi) is 2.23. The maximum Gasteiger partial charge on any atom is 0.317 e. The molecule has 2 rings (SSSR count). The number of nitrogens with zero attached hydrogens (tertiary/aromatic N) is 1. The van der Waals surface area contributed by atoms with E-state index < -0.39 is 24.4 Å². The number of hydrogen-bond donors (Lipinski definition) is 1. The van der Waals surface area contributed by atoms with Crippen LogP contribution in [-0.4, -0.2) is 29.3 Å². The number of halogens is 2. The number of benzene rings is 1.